The minimum absolute atomic E-state index is 0.0997. The van der Waals surface area contributed by atoms with Gasteiger partial charge in [0.05, 0.1) is 5.51 Å². The molecule has 2 unspecified atom stereocenters. The van der Waals surface area contributed by atoms with Gasteiger partial charge in [0.15, 0.2) is 0 Å². The summed E-state index contributed by atoms with van der Waals surface area (Å²) in [4.78, 5) is 5.17. The number of nitrogens with two attached hydrogens (primary N) is 1. The monoisotopic (exact) mass is 200 g/mol. The van der Waals surface area contributed by atoms with E-state index in [1.807, 2.05) is 11.7 Å². The maximum absolute atomic E-state index is 6.04. The van der Waals surface area contributed by atoms with Gasteiger partial charge in [-0.3, -0.25) is 4.98 Å². The van der Waals surface area contributed by atoms with E-state index in [4.69, 9.17) is 10.5 Å². The van der Waals surface area contributed by atoms with Gasteiger partial charge in [-0.2, -0.15) is 0 Å². The summed E-state index contributed by atoms with van der Waals surface area (Å²) in [6, 6.07) is 0.0997. The van der Waals surface area contributed by atoms with Crippen molar-refractivity contribution in [3.63, 3.8) is 0 Å². The summed E-state index contributed by atoms with van der Waals surface area (Å²) >= 11 is 1.62. The Morgan fingerprint density at radius 1 is 1.69 bits per heavy atom. The standard InChI is InChI=1S/C9H16N2OS/c1-7(3-4-12-2)9(10)8-5-11-6-13-8/h5-7,9H,3-4,10H2,1-2H3. The second-order valence-corrected chi connectivity index (χ2v) is 4.11. The molecule has 3 nitrogen and oxygen atoms in total. The van der Waals surface area contributed by atoms with Gasteiger partial charge >= 0.3 is 0 Å². The number of hydrogen-bond acceptors (Lipinski definition) is 4. The predicted octanol–water partition coefficient (Wildman–Crippen LogP) is 1.82. The van der Waals surface area contributed by atoms with Crippen LogP contribution in [0.2, 0.25) is 0 Å². The molecule has 0 spiro atoms. The molecule has 74 valence electrons. The van der Waals surface area contributed by atoms with Crippen LogP contribution in [0.3, 0.4) is 0 Å². The lowest BCUT2D eigenvalue weighted by Crippen LogP contribution is -2.19. The fourth-order valence-corrected chi connectivity index (χ4v) is 1.91. The van der Waals surface area contributed by atoms with E-state index < -0.39 is 0 Å². The molecule has 0 aliphatic rings. The highest BCUT2D eigenvalue weighted by Gasteiger charge is 2.15. The molecule has 1 heterocycles. The van der Waals surface area contributed by atoms with E-state index in [0.29, 0.717) is 5.92 Å². The Labute approximate surface area is 82.9 Å². The molecule has 1 aromatic rings. The first kappa shape index (κ1) is 10.6. The molecule has 4 heteroatoms. The lowest BCUT2D eigenvalue weighted by atomic mass is 9.99. The summed E-state index contributed by atoms with van der Waals surface area (Å²) in [5.41, 5.74) is 7.86. The van der Waals surface area contributed by atoms with Gasteiger partial charge in [0, 0.05) is 30.8 Å². The van der Waals surface area contributed by atoms with Crippen LogP contribution in [-0.4, -0.2) is 18.7 Å². The van der Waals surface area contributed by atoms with E-state index in [1.54, 1.807) is 18.4 Å². The van der Waals surface area contributed by atoms with Crippen LogP contribution in [0.1, 0.15) is 24.3 Å². The summed E-state index contributed by atoms with van der Waals surface area (Å²) in [6.07, 6.45) is 2.84. The predicted molar refractivity (Wildman–Crippen MR) is 54.7 cm³/mol. The minimum atomic E-state index is 0.0997. The van der Waals surface area contributed by atoms with E-state index in [9.17, 15) is 0 Å². The van der Waals surface area contributed by atoms with Crippen molar-refractivity contribution in [3.05, 3.63) is 16.6 Å². The molecule has 0 fully saturated rings. The minimum Gasteiger partial charge on any atom is -0.385 e. The van der Waals surface area contributed by atoms with Gasteiger partial charge in [-0.1, -0.05) is 6.92 Å². The first-order chi connectivity index (χ1) is 6.25. The van der Waals surface area contributed by atoms with Crippen molar-refractivity contribution < 1.29 is 4.74 Å². The largest absolute Gasteiger partial charge is 0.385 e. The van der Waals surface area contributed by atoms with Gasteiger partial charge in [-0.15, -0.1) is 11.3 Å². The van der Waals surface area contributed by atoms with Crippen molar-refractivity contribution in [1.82, 2.24) is 4.98 Å². The van der Waals surface area contributed by atoms with E-state index in [-0.39, 0.29) is 6.04 Å². The second-order valence-electron chi connectivity index (χ2n) is 3.19. The first-order valence-corrected chi connectivity index (χ1v) is 5.26. The zero-order chi connectivity index (χ0) is 9.68. The third-order valence-corrected chi connectivity index (χ3v) is 3.05. The molecule has 1 aromatic heterocycles. The lowest BCUT2D eigenvalue weighted by molar-refractivity contribution is 0.175. The zero-order valence-electron chi connectivity index (χ0n) is 8.06. The first-order valence-electron chi connectivity index (χ1n) is 4.38. The van der Waals surface area contributed by atoms with Crippen molar-refractivity contribution in [2.75, 3.05) is 13.7 Å². The highest BCUT2D eigenvalue weighted by molar-refractivity contribution is 7.09. The summed E-state index contributed by atoms with van der Waals surface area (Å²) in [7, 11) is 1.71. The number of hydrogen-bond donors (Lipinski definition) is 1. The summed E-state index contributed by atoms with van der Waals surface area (Å²) in [6.45, 7) is 2.91. The fraction of sp³-hybridized carbons (Fsp3) is 0.667. The van der Waals surface area contributed by atoms with E-state index in [0.717, 1.165) is 17.9 Å². The fourth-order valence-electron chi connectivity index (χ4n) is 1.15. The average Bonchev–Trinajstić information content (AvgIpc) is 2.65. The molecule has 2 N–H and O–H groups in total. The van der Waals surface area contributed by atoms with E-state index >= 15 is 0 Å². The van der Waals surface area contributed by atoms with Crippen molar-refractivity contribution in [1.29, 1.82) is 0 Å². The van der Waals surface area contributed by atoms with Crippen LogP contribution >= 0.6 is 11.3 Å². The van der Waals surface area contributed by atoms with Gasteiger partial charge in [-0.05, 0) is 12.3 Å². The molecule has 0 aliphatic carbocycles. The number of methoxy groups -OCH3 is 1. The lowest BCUT2D eigenvalue weighted by Gasteiger charge is -2.17. The topological polar surface area (TPSA) is 48.1 Å². The maximum Gasteiger partial charge on any atom is 0.0794 e. The molecule has 13 heavy (non-hydrogen) atoms. The van der Waals surface area contributed by atoms with Crippen molar-refractivity contribution in [2.24, 2.45) is 11.7 Å². The number of ether oxygens (including phenoxy) is 1. The summed E-state index contributed by atoms with van der Waals surface area (Å²) < 4.78 is 5.01. The zero-order valence-corrected chi connectivity index (χ0v) is 8.88. The number of rotatable bonds is 5. The van der Waals surface area contributed by atoms with E-state index in [2.05, 4.69) is 11.9 Å². The third-order valence-electron chi connectivity index (χ3n) is 2.17. The quantitative estimate of drug-likeness (QED) is 0.788. The summed E-state index contributed by atoms with van der Waals surface area (Å²) in [5.74, 6) is 0.445. The Morgan fingerprint density at radius 3 is 3.00 bits per heavy atom. The van der Waals surface area contributed by atoms with Crippen molar-refractivity contribution in [3.8, 4) is 0 Å². The molecular weight excluding hydrogens is 184 g/mol. The van der Waals surface area contributed by atoms with Gasteiger partial charge in [0.1, 0.15) is 0 Å². The average molecular weight is 200 g/mol. The van der Waals surface area contributed by atoms with Gasteiger partial charge in [0.2, 0.25) is 0 Å². The van der Waals surface area contributed by atoms with Crippen LogP contribution in [0.15, 0.2) is 11.7 Å². The Hall–Kier alpha value is -0.450. The molecule has 2 atom stereocenters. The second kappa shape index (κ2) is 5.32. The van der Waals surface area contributed by atoms with Crippen LogP contribution < -0.4 is 5.73 Å². The Morgan fingerprint density at radius 2 is 2.46 bits per heavy atom. The molecule has 0 aromatic carbocycles. The molecule has 0 amide bonds. The van der Waals surface area contributed by atoms with Crippen LogP contribution in [0.5, 0.6) is 0 Å². The number of thiazole rings is 1. The molecule has 0 radical (unpaired) electrons. The van der Waals surface area contributed by atoms with E-state index in [1.165, 1.54) is 0 Å². The van der Waals surface area contributed by atoms with Crippen molar-refractivity contribution in [2.45, 2.75) is 19.4 Å². The Kier molecular flexibility index (Phi) is 4.35. The molecule has 0 aliphatic heterocycles. The van der Waals surface area contributed by atoms with Gasteiger partial charge < -0.3 is 10.5 Å². The Bertz CT molecular complexity index is 226. The smallest absolute Gasteiger partial charge is 0.0794 e. The SMILES string of the molecule is COCCC(C)C(N)c1cncs1. The third kappa shape index (κ3) is 3.06. The Balaban J connectivity index is 2.43. The van der Waals surface area contributed by atoms with Crippen LogP contribution in [0, 0.1) is 5.92 Å². The van der Waals surface area contributed by atoms with Crippen LogP contribution in [0.25, 0.3) is 0 Å². The molecule has 1 rings (SSSR count). The molecule has 0 saturated carbocycles. The number of nitrogens with zero attached hydrogens (tertiary/aromatic N) is 1. The molecular formula is C9H16N2OS. The van der Waals surface area contributed by atoms with Crippen molar-refractivity contribution >= 4 is 11.3 Å². The number of aromatic nitrogens is 1. The highest BCUT2D eigenvalue weighted by atomic mass is 32.1. The van der Waals surface area contributed by atoms with Crippen LogP contribution in [0.4, 0.5) is 0 Å². The highest BCUT2D eigenvalue weighted by Crippen LogP contribution is 2.24. The maximum atomic E-state index is 6.04. The van der Waals surface area contributed by atoms with Crippen LogP contribution in [-0.2, 0) is 4.74 Å². The normalized spacial score (nSPS) is 15.6. The van der Waals surface area contributed by atoms with Gasteiger partial charge in [0.25, 0.3) is 0 Å². The van der Waals surface area contributed by atoms with Gasteiger partial charge in [-0.25, -0.2) is 0 Å². The molecule has 0 saturated heterocycles. The molecule has 0 bridgehead atoms. The summed E-state index contributed by atoms with van der Waals surface area (Å²) in [5, 5.41) is 0.